The van der Waals surface area contributed by atoms with Crippen LogP contribution in [0, 0.1) is 0 Å². The monoisotopic (exact) mass is 293 g/mol. The van der Waals surface area contributed by atoms with Crippen LogP contribution in [0.25, 0.3) is 0 Å². The standard InChI is InChI=1S/C18H31NO2/c1-5-13-19-17(11-9-14-20-6-2)16-10-7-8-12-18(16)21-15(3)4/h7-8,10,12,15,17,19H,5-6,9,11,13-14H2,1-4H3. The molecule has 1 aromatic rings. The molecule has 0 aliphatic heterocycles. The first kappa shape index (κ1) is 18.0. The maximum absolute atomic E-state index is 5.96. The molecule has 1 N–H and O–H groups in total. The second kappa shape index (κ2) is 10.6. The molecule has 1 rings (SSSR count). The van der Waals surface area contributed by atoms with Gasteiger partial charge in [0.15, 0.2) is 0 Å². The van der Waals surface area contributed by atoms with Gasteiger partial charge in [0.2, 0.25) is 0 Å². The van der Waals surface area contributed by atoms with E-state index in [9.17, 15) is 0 Å². The Labute approximate surface area is 130 Å². The van der Waals surface area contributed by atoms with Crippen molar-refractivity contribution in [1.29, 1.82) is 0 Å². The Kier molecular flexibility index (Phi) is 9.11. The molecule has 0 radical (unpaired) electrons. The Morgan fingerprint density at radius 2 is 1.90 bits per heavy atom. The summed E-state index contributed by atoms with van der Waals surface area (Å²) in [5, 5.41) is 3.64. The lowest BCUT2D eigenvalue weighted by atomic mass is 10.0. The number of hydrogen-bond donors (Lipinski definition) is 1. The van der Waals surface area contributed by atoms with E-state index in [-0.39, 0.29) is 6.10 Å². The number of nitrogens with one attached hydrogen (secondary N) is 1. The molecule has 0 aromatic heterocycles. The zero-order valence-electron chi connectivity index (χ0n) is 14.0. The summed E-state index contributed by atoms with van der Waals surface area (Å²) in [6.45, 7) is 11.0. The molecule has 0 amide bonds. The van der Waals surface area contributed by atoms with Crippen LogP contribution in [-0.2, 0) is 4.74 Å². The van der Waals surface area contributed by atoms with Crippen molar-refractivity contribution < 1.29 is 9.47 Å². The summed E-state index contributed by atoms with van der Waals surface area (Å²) < 4.78 is 11.4. The third kappa shape index (κ3) is 6.96. The van der Waals surface area contributed by atoms with Crippen molar-refractivity contribution in [2.75, 3.05) is 19.8 Å². The Bertz CT molecular complexity index is 379. The predicted molar refractivity (Wildman–Crippen MR) is 89.0 cm³/mol. The molecule has 1 unspecified atom stereocenters. The molecule has 0 aliphatic rings. The largest absolute Gasteiger partial charge is 0.491 e. The molecule has 0 aliphatic carbocycles. The van der Waals surface area contributed by atoms with Crippen LogP contribution in [0.2, 0.25) is 0 Å². The summed E-state index contributed by atoms with van der Waals surface area (Å²) in [7, 11) is 0. The smallest absolute Gasteiger partial charge is 0.124 e. The van der Waals surface area contributed by atoms with Crippen molar-refractivity contribution in [2.45, 2.75) is 59.1 Å². The van der Waals surface area contributed by atoms with E-state index < -0.39 is 0 Å². The molecule has 1 aromatic carbocycles. The molecule has 0 spiro atoms. The van der Waals surface area contributed by atoms with Gasteiger partial charge in [0.25, 0.3) is 0 Å². The van der Waals surface area contributed by atoms with Gasteiger partial charge in [-0.25, -0.2) is 0 Å². The van der Waals surface area contributed by atoms with Gasteiger partial charge >= 0.3 is 0 Å². The number of hydrogen-bond acceptors (Lipinski definition) is 3. The fourth-order valence-electron chi connectivity index (χ4n) is 2.35. The lowest BCUT2D eigenvalue weighted by Gasteiger charge is -2.23. The quantitative estimate of drug-likeness (QED) is 0.616. The topological polar surface area (TPSA) is 30.5 Å². The predicted octanol–water partition coefficient (Wildman–Crippen LogP) is 4.33. The van der Waals surface area contributed by atoms with Crippen molar-refractivity contribution in [3.8, 4) is 5.75 Å². The van der Waals surface area contributed by atoms with Crippen molar-refractivity contribution in [1.82, 2.24) is 5.32 Å². The average Bonchev–Trinajstić information content (AvgIpc) is 2.47. The highest BCUT2D eigenvalue weighted by Gasteiger charge is 2.15. The molecule has 0 saturated heterocycles. The van der Waals surface area contributed by atoms with Crippen LogP contribution in [0.5, 0.6) is 5.75 Å². The van der Waals surface area contributed by atoms with Crippen molar-refractivity contribution in [3.63, 3.8) is 0 Å². The molecule has 0 fully saturated rings. The Morgan fingerprint density at radius 1 is 1.14 bits per heavy atom. The summed E-state index contributed by atoms with van der Waals surface area (Å²) in [6.07, 6.45) is 3.46. The lowest BCUT2D eigenvalue weighted by molar-refractivity contribution is 0.140. The van der Waals surface area contributed by atoms with Crippen LogP contribution in [0.4, 0.5) is 0 Å². The van der Waals surface area contributed by atoms with E-state index in [1.54, 1.807) is 0 Å². The first-order valence-electron chi connectivity index (χ1n) is 8.25. The van der Waals surface area contributed by atoms with E-state index in [1.807, 2.05) is 13.0 Å². The lowest BCUT2D eigenvalue weighted by Crippen LogP contribution is -2.23. The van der Waals surface area contributed by atoms with E-state index in [0.29, 0.717) is 6.04 Å². The normalized spacial score (nSPS) is 12.6. The third-order valence-electron chi connectivity index (χ3n) is 3.28. The average molecular weight is 293 g/mol. The van der Waals surface area contributed by atoms with Crippen LogP contribution in [0.15, 0.2) is 24.3 Å². The molecule has 3 nitrogen and oxygen atoms in total. The van der Waals surface area contributed by atoms with E-state index in [0.717, 1.165) is 44.8 Å². The van der Waals surface area contributed by atoms with Crippen LogP contribution >= 0.6 is 0 Å². The zero-order chi connectivity index (χ0) is 15.5. The van der Waals surface area contributed by atoms with Gasteiger partial charge in [-0.05, 0) is 52.6 Å². The number of rotatable bonds is 11. The van der Waals surface area contributed by atoms with Gasteiger partial charge in [0, 0.05) is 24.8 Å². The first-order valence-corrected chi connectivity index (χ1v) is 8.25. The van der Waals surface area contributed by atoms with Crippen molar-refractivity contribution in [3.05, 3.63) is 29.8 Å². The molecule has 120 valence electrons. The molecule has 0 saturated carbocycles. The van der Waals surface area contributed by atoms with Gasteiger partial charge in [-0.3, -0.25) is 0 Å². The van der Waals surface area contributed by atoms with Crippen LogP contribution in [0.1, 0.15) is 58.6 Å². The van der Waals surface area contributed by atoms with Gasteiger partial charge in [-0.2, -0.15) is 0 Å². The molecule has 1 atom stereocenters. The number of ether oxygens (including phenoxy) is 2. The first-order chi connectivity index (χ1) is 10.2. The molecular formula is C18H31NO2. The van der Waals surface area contributed by atoms with E-state index >= 15 is 0 Å². The van der Waals surface area contributed by atoms with Gasteiger partial charge in [-0.1, -0.05) is 25.1 Å². The highest BCUT2D eigenvalue weighted by molar-refractivity contribution is 5.36. The van der Waals surface area contributed by atoms with Gasteiger partial charge in [-0.15, -0.1) is 0 Å². The summed E-state index contributed by atoms with van der Waals surface area (Å²) in [4.78, 5) is 0. The second-order valence-corrected chi connectivity index (χ2v) is 5.55. The fourth-order valence-corrected chi connectivity index (χ4v) is 2.35. The van der Waals surface area contributed by atoms with Crippen LogP contribution in [0.3, 0.4) is 0 Å². The summed E-state index contributed by atoms with van der Waals surface area (Å²) in [5.74, 6) is 0.998. The minimum absolute atomic E-state index is 0.196. The fraction of sp³-hybridized carbons (Fsp3) is 0.667. The Morgan fingerprint density at radius 3 is 2.57 bits per heavy atom. The third-order valence-corrected chi connectivity index (χ3v) is 3.28. The van der Waals surface area contributed by atoms with Gasteiger partial charge in [0.1, 0.15) is 5.75 Å². The summed E-state index contributed by atoms with van der Waals surface area (Å²) in [6, 6.07) is 8.70. The Hall–Kier alpha value is -1.06. The maximum atomic E-state index is 5.96. The molecule has 3 heteroatoms. The Balaban J connectivity index is 2.75. The molecule has 0 heterocycles. The van der Waals surface area contributed by atoms with E-state index in [4.69, 9.17) is 9.47 Å². The highest BCUT2D eigenvalue weighted by Crippen LogP contribution is 2.29. The number of benzene rings is 1. The van der Waals surface area contributed by atoms with Crippen LogP contribution < -0.4 is 10.1 Å². The zero-order valence-corrected chi connectivity index (χ0v) is 14.0. The molecule has 0 bridgehead atoms. The summed E-state index contributed by atoms with van der Waals surface area (Å²) >= 11 is 0. The number of para-hydroxylation sites is 1. The van der Waals surface area contributed by atoms with Gasteiger partial charge < -0.3 is 14.8 Å². The van der Waals surface area contributed by atoms with E-state index in [1.165, 1.54) is 5.56 Å². The molecular weight excluding hydrogens is 262 g/mol. The van der Waals surface area contributed by atoms with Crippen molar-refractivity contribution in [2.24, 2.45) is 0 Å². The second-order valence-electron chi connectivity index (χ2n) is 5.55. The maximum Gasteiger partial charge on any atom is 0.124 e. The molecule has 21 heavy (non-hydrogen) atoms. The minimum atomic E-state index is 0.196. The highest BCUT2D eigenvalue weighted by atomic mass is 16.5. The summed E-state index contributed by atoms with van der Waals surface area (Å²) in [5.41, 5.74) is 1.26. The van der Waals surface area contributed by atoms with E-state index in [2.05, 4.69) is 44.3 Å². The van der Waals surface area contributed by atoms with Gasteiger partial charge in [0.05, 0.1) is 6.10 Å². The SMILES string of the molecule is CCCNC(CCCOCC)c1ccccc1OC(C)C. The minimum Gasteiger partial charge on any atom is -0.491 e. The van der Waals surface area contributed by atoms with Crippen LogP contribution in [-0.4, -0.2) is 25.9 Å². The van der Waals surface area contributed by atoms with Crippen molar-refractivity contribution >= 4 is 0 Å².